The number of carbonyl (C=O) groups excluding carboxylic acids is 1. The number of nitrogens with zero attached hydrogens (tertiary/aromatic N) is 2. The molecule has 0 bridgehead atoms. The maximum atomic E-state index is 11.6. The summed E-state index contributed by atoms with van der Waals surface area (Å²) >= 11 is 1.30. The Bertz CT molecular complexity index is 927. The number of benzene rings is 1. The highest BCUT2D eigenvalue weighted by atomic mass is 32.2. The lowest BCUT2D eigenvalue weighted by atomic mass is 10.2. The second-order valence-electron chi connectivity index (χ2n) is 5.44. The van der Waals surface area contributed by atoms with Crippen molar-refractivity contribution in [2.45, 2.75) is 17.9 Å². The molecule has 9 heteroatoms. The summed E-state index contributed by atoms with van der Waals surface area (Å²) in [6, 6.07) is 6.97. The van der Waals surface area contributed by atoms with Crippen LogP contribution in [-0.2, 0) is 10.5 Å². The monoisotopic (exact) mass is 390 g/mol. The average molecular weight is 390 g/mol. The Morgan fingerprint density at radius 1 is 1.04 bits per heavy atom. The zero-order chi connectivity index (χ0) is 19.4. The average Bonchev–Trinajstić information content (AvgIpc) is 3.31. The van der Waals surface area contributed by atoms with Crippen molar-refractivity contribution >= 4 is 17.7 Å². The first-order chi connectivity index (χ1) is 13.0. The molecule has 0 saturated carbocycles. The van der Waals surface area contributed by atoms with Crippen molar-refractivity contribution in [3.63, 3.8) is 0 Å². The van der Waals surface area contributed by atoms with Crippen LogP contribution < -0.4 is 9.47 Å². The molecule has 2 heterocycles. The predicted molar refractivity (Wildman–Crippen MR) is 97.2 cm³/mol. The Morgan fingerprint density at radius 3 is 2.37 bits per heavy atom. The number of ether oxygens (including phenoxy) is 3. The number of carbonyl (C=O) groups is 1. The van der Waals surface area contributed by atoms with Crippen LogP contribution in [0.1, 0.15) is 21.9 Å². The molecule has 0 N–H and O–H groups in total. The van der Waals surface area contributed by atoms with Gasteiger partial charge in [0.25, 0.3) is 5.22 Å². The van der Waals surface area contributed by atoms with Crippen molar-refractivity contribution in [2.75, 3.05) is 21.3 Å². The number of hydrogen-bond donors (Lipinski definition) is 0. The lowest BCUT2D eigenvalue weighted by Crippen LogP contribution is -2.00. The van der Waals surface area contributed by atoms with E-state index in [0.717, 1.165) is 0 Å². The van der Waals surface area contributed by atoms with Crippen LogP contribution in [0.25, 0.3) is 11.5 Å². The van der Waals surface area contributed by atoms with Crippen molar-refractivity contribution < 1.29 is 27.8 Å². The van der Waals surface area contributed by atoms with E-state index in [1.165, 1.54) is 18.9 Å². The molecule has 2 aromatic heterocycles. The topological polar surface area (TPSA) is 96.8 Å². The molecule has 0 fully saturated rings. The van der Waals surface area contributed by atoms with Gasteiger partial charge in [0, 0.05) is 11.6 Å². The molecule has 0 atom stereocenters. The number of rotatable bonds is 7. The molecule has 3 aromatic rings. The minimum atomic E-state index is -0.431. The normalized spacial score (nSPS) is 10.7. The van der Waals surface area contributed by atoms with Crippen LogP contribution in [-0.4, -0.2) is 37.5 Å². The van der Waals surface area contributed by atoms with Gasteiger partial charge in [-0.05, 0) is 25.1 Å². The first-order valence-electron chi connectivity index (χ1n) is 7.91. The number of aromatic nitrogens is 2. The summed E-state index contributed by atoms with van der Waals surface area (Å²) in [6.07, 6.45) is 0. The van der Waals surface area contributed by atoms with Crippen LogP contribution in [0.3, 0.4) is 0 Å². The molecular weight excluding hydrogens is 372 g/mol. The minimum absolute atomic E-state index is 0.348. The third-order valence-corrected chi connectivity index (χ3v) is 4.56. The SMILES string of the molecule is COC(=O)c1cc(CSc2nnc(-c3cc(OC)cc(OC)c3)o2)oc1C. The number of esters is 1. The standard InChI is InChI=1S/C18H18N2O6S/c1-10-15(17(21)24-4)8-14(25-10)9-27-18-20-19-16(26-18)11-5-12(22-2)7-13(6-11)23-3/h5-8H,9H2,1-4H3. The molecule has 8 nitrogen and oxygen atoms in total. The van der Waals surface area contributed by atoms with Gasteiger partial charge in [0.1, 0.15) is 28.6 Å². The van der Waals surface area contributed by atoms with Gasteiger partial charge in [-0.25, -0.2) is 4.79 Å². The Kier molecular flexibility index (Phi) is 5.70. The van der Waals surface area contributed by atoms with Gasteiger partial charge in [0.05, 0.1) is 27.1 Å². The quantitative estimate of drug-likeness (QED) is 0.441. The number of methoxy groups -OCH3 is 3. The van der Waals surface area contributed by atoms with E-state index in [9.17, 15) is 4.79 Å². The first-order valence-corrected chi connectivity index (χ1v) is 8.90. The van der Waals surface area contributed by atoms with Crippen LogP contribution >= 0.6 is 11.8 Å². The second kappa shape index (κ2) is 8.17. The Balaban J connectivity index is 1.73. The fourth-order valence-corrected chi connectivity index (χ4v) is 3.02. The zero-order valence-corrected chi connectivity index (χ0v) is 16.1. The van der Waals surface area contributed by atoms with Gasteiger partial charge >= 0.3 is 5.97 Å². The fourth-order valence-electron chi connectivity index (χ4n) is 2.38. The fraction of sp³-hybridized carbons (Fsp3) is 0.278. The molecular formula is C18H18N2O6S. The van der Waals surface area contributed by atoms with Crippen LogP contribution in [0.5, 0.6) is 11.5 Å². The summed E-state index contributed by atoms with van der Waals surface area (Å²) in [5.41, 5.74) is 1.09. The van der Waals surface area contributed by atoms with Crippen molar-refractivity contribution in [3.05, 3.63) is 41.3 Å². The molecule has 0 aliphatic heterocycles. The molecule has 0 unspecified atom stereocenters. The largest absolute Gasteiger partial charge is 0.497 e. The van der Waals surface area contributed by atoms with Gasteiger partial charge in [0.15, 0.2) is 0 Å². The molecule has 142 valence electrons. The van der Waals surface area contributed by atoms with Gasteiger partial charge in [-0.15, -0.1) is 10.2 Å². The van der Waals surface area contributed by atoms with Gasteiger partial charge in [-0.2, -0.15) is 0 Å². The van der Waals surface area contributed by atoms with Crippen LogP contribution in [0.4, 0.5) is 0 Å². The number of aryl methyl sites for hydroxylation is 1. The highest BCUT2D eigenvalue weighted by Gasteiger charge is 2.17. The summed E-state index contributed by atoms with van der Waals surface area (Å²) in [7, 11) is 4.47. The molecule has 0 spiro atoms. The first kappa shape index (κ1) is 18.8. The summed E-state index contributed by atoms with van der Waals surface area (Å²) in [4.78, 5) is 11.6. The van der Waals surface area contributed by atoms with E-state index in [-0.39, 0.29) is 0 Å². The number of thioether (sulfide) groups is 1. The van der Waals surface area contributed by atoms with E-state index in [0.29, 0.717) is 51.0 Å². The minimum Gasteiger partial charge on any atom is -0.497 e. The third-order valence-electron chi connectivity index (χ3n) is 3.72. The Morgan fingerprint density at radius 2 is 1.74 bits per heavy atom. The molecule has 27 heavy (non-hydrogen) atoms. The summed E-state index contributed by atoms with van der Waals surface area (Å²) in [5, 5.41) is 8.47. The summed E-state index contributed by atoms with van der Waals surface area (Å²) < 4.78 is 26.5. The zero-order valence-electron chi connectivity index (χ0n) is 15.3. The smallest absolute Gasteiger partial charge is 0.341 e. The van der Waals surface area contributed by atoms with E-state index in [4.69, 9.17) is 23.0 Å². The van der Waals surface area contributed by atoms with E-state index in [1.807, 2.05) is 0 Å². The lowest BCUT2D eigenvalue weighted by Gasteiger charge is -2.05. The van der Waals surface area contributed by atoms with Crippen LogP contribution in [0, 0.1) is 6.92 Å². The highest BCUT2D eigenvalue weighted by Crippen LogP contribution is 2.31. The van der Waals surface area contributed by atoms with E-state index < -0.39 is 5.97 Å². The molecule has 1 aromatic carbocycles. The second-order valence-corrected chi connectivity index (χ2v) is 6.36. The lowest BCUT2D eigenvalue weighted by molar-refractivity contribution is 0.0599. The van der Waals surface area contributed by atoms with Crippen LogP contribution in [0.2, 0.25) is 0 Å². The molecule has 0 radical (unpaired) electrons. The molecule has 0 amide bonds. The Labute approximate surface area is 159 Å². The Hall–Kier alpha value is -2.94. The summed E-state index contributed by atoms with van der Waals surface area (Å²) in [5.74, 6) is 2.71. The van der Waals surface area contributed by atoms with Gasteiger partial charge in [-0.1, -0.05) is 11.8 Å². The van der Waals surface area contributed by atoms with E-state index >= 15 is 0 Å². The number of hydrogen-bond acceptors (Lipinski definition) is 9. The van der Waals surface area contributed by atoms with Crippen molar-refractivity contribution in [1.82, 2.24) is 10.2 Å². The van der Waals surface area contributed by atoms with Gasteiger partial charge < -0.3 is 23.0 Å². The van der Waals surface area contributed by atoms with Crippen LogP contribution in [0.15, 0.2) is 38.3 Å². The van der Waals surface area contributed by atoms with Gasteiger partial charge in [0.2, 0.25) is 5.89 Å². The number of furan rings is 1. The maximum Gasteiger partial charge on any atom is 0.341 e. The van der Waals surface area contributed by atoms with Crippen molar-refractivity contribution in [1.29, 1.82) is 0 Å². The molecule has 3 rings (SSSR count). The van der Waals surface area contributed by atoms with E-state index in [2.05, 4.69) is 10.2 Å². The van der Waals surface area contributed by atoms with Crippen molar-refractivity contribution in [3.8, 4) is 23.0 Å². The molecule has 0 saturated heterocycles. The predicted octanol–water partition coefficient (Wildman–Crippen LogP) is 3.73. The molecule has 0 aliphatic carbocycles. The maximum absolute atomic E-state index is 11.6. The molecule has 0 aliphatic rings. The summed E-state index contributed by atoms with van der Waals surface area (Å²) in [6.45, 7) is 1.71. The van der Waals surface area contributed by atoms with Crippen molar-refractivity contribution in [2.24, 2.45) is 0 Å². The van der Waals surface area contributed by atoms with Gasteiger partial charge in [-0.3, -0.25) is 0 Å². The van der Waals surface area contributed by atoms with E-state index in [1.54, 1.807) is 45.4 Å². The highest BCUT2D eigenvalue weighted by molar-refractivity contribution is 7.98. The third kappa shape index (κ3) is 4.25.